The molecule has 1 atom stereocenters. The molecule has 17 heavy (non-hydrogen) atoms. The van der Waals surface area contributed by atoms with Crippen molar-refractivity contribution in [2.75, 3.05) is 11.9 Å². The van der Waals surface area contributed by atoms with Gasteiger partial charge < -0.3 is 15.5 Å². The molecule has 0 aliphatic rings. The minimum absolute atomic E-state index is 0.00544. The maximum absolute atomic E-state index is 13.2. The number of carboxylic acid groups (broad SMARTS) is 1. The van der Waals surface area contributed by atoms with Crippen LogP contribution in [0.1, 0.15) is 12.0 Å². The number of anilines is 1. The van der Waals surface area contributed by atoms with Gasteiger partial charge in [0, 0.05) is 6.54 Å². The molecule has 0 aromatic heterocycles. The fraction of sp³-hybridized carbons (Fsp3) is 0.364. The van der Waals surface area contributed by atoms with Crippen molar-refractivity contribution < 1.29 is 19.4 Å². The first-order valence-electron chi connectivity index (χ1n) is 4.99. The van der Waals surface area contributed by atoms with Gasteiger partial charge in [0.2, 0.25) is 0 Å². The number of rotatable bonds is 5. The van der Waals surface area contributed by atoms with E-state index < -0.39 is 17.9 Å². The molecule has 0 aliphatic heterocycles. The van der Waals surface area contributed by atoms with Crippen molar-refractivity contribution in [1.29, 1.82) is 0 Å². The fourth-order valence-electron chi connectivity index (χ4n) is 1.28. The van der Waals surface area contributed by atoms with E-state index in [0.717, 1.165) is 0 Å². The molecule has 0 heterocycles. The van der Waals surface area contributed by atoms with Crippen LogP contribution < -0.4 is 5.32 Å². The number of aliphatic hydroxyl groups is 1. The lowest BCUT2D eigenvalue weighted by atomic mass is 10.2. The molecule has 0 spiro atoms. The molecular formula is C11H13ClFNO3. The number of hydrogen-bond acceptors (Lipinski definition) is 3. The van der Waals surface area contributed by atoms with E-state index in [1.807, 2.05) is 0 Å². The Morgan fingerprint density at radius 3 is 2.82 bits per heavy atom. The Morgan fingerprint density at radius 2 is 2.24 bits per heavy atom. The first kappa shape index (κ1) is 13.7. The second kappa shape index (κ2) is 5.84. The van der Waals surface area contributed by atoms with Gasteiger partial charge in [-0.05, 0) is 24.6 Å². The number of aryl methyl sites for hydroxylation is 1. The Hall–Kier alpha value is -1.33. The molecule has 94 valence electrons. The number of aliphatic carboxylic acids is 1. The Kier molecular flexibility index (Phi) is 4.72. The third kappa shape index (κ3) is 4.20. The number of benzene rings is 1. The molecule has 0 saturated heterocycles. The third-order valence-corrected chi connectivity index (χ3v) is 2.50. The van der Waals surface area contributed by atoms with Crippen molar-refractivity contribution in [1.82, 2.24) is 0 Å². The van der Waals surface area contributed by atoms with Crippen molar-refractivity contribution >= 4 is 23.3 Å². The van der Waals surface area contributed by atoms with Crippen LogP contribution in [0, 0.1) is 12.7 Å². The second-order valence-corrected chi connectivity index (χ2v) is 4.12. The highest BCUT2D eigenvalue weighted by Gasteiger charge is 2.11. The Bertz CT molecular complexity index is 425. The van der Waals surface area contributed by atoms with E-state index in [0.29, 0.717) is 16.3 Å². The summed E-state index contributed by atoms with van der Waals surface area (Å²) in [5.74, 6) is -1.51. The normalized spacial score (nSPS) is 12.2. The smallest absolute Gasteiger partial charge is 0.306 e. The topological polar surface area (TPSA) is 69.6 Å². The molecule has 1 aromatic rings. The number of carbonyl (C=O) groups is 1. The Balaban J connectivity index is 2.63. The van der Waals surface area contributed by atoms with Crippen LogP contribution in [0.3, 0.4) is 0 Å². The lowest BCUT2D eigenvalue weighted by Crippen LogP contribution is -2.22. The summed E-state index contributed by atoms with van der Waals surface area (Å²) in [4.78, 5) is 10.3. The summed E-state index contributed by atoms with van der Waals surface area (Å²) in [7, 11) is 0. The van der Waals surface area contributed by atoms with Gasteiger partial charge >= 0.3 is 5.97 Å². The van der Waals surface area contributed by atoms with Gasteiger partial charge in [-0.1, -0.05) is 11.6 Å². The van der Waals surface area contributed by atoms with Crippen LogP contribution in [-0.2, 0) is 4.79 Å². The van der Waals surface area contributed by atoms with E-state index in [1.165, 1.54) is 12.1 Å². The molecule has 0 amide bonds. The predicted octanol–water partition coefficient (Wildman–Crippen LogP) is 2.04. The zero-order valence-corrected chi connectivity index (χ0v) is 9.96. The van der Waals surface area contributed by atoms with E-state index in [4.69, 9.17) is 16.7 Å². The summed E-state index contributed by atoms with van der Waals surface area (Å²) in [6.07, 6.45) is -1.42. The summed E-state index contributed by atoms with van der Waals surface area (Å²) in [5.41, 5.74) is 0.755. The molecule has 6 heteroatoms. The minimum atomic E-state index is -1.10. The van der Waals surface area contributed by atoms with Crippen molar-refractivity contribution in [3.8, 4) is 0 Å². The zero-order chi connectivity index (χ0) is 13.0. The maximum atomic E-state index is 13.2. The molecular weight excluding hydrogens is 249 g/mol. The summed E-state index contributed by atoms with van der Waals surface area (Å²) in [6.45, 7) is 1.58. The van der Waals surface area contributed by atoms with Gasteiger partial charge in [-0.2, -0.15) is 0 Å². The summed E-state index contributed by atoms with van der Waals surface area (Å²) in [5, 5.41) is 20.8. The van der Waals surface area contributed by atoms with Gasteiger partial charge in [0.25, 0.3) is 0 Å². The standard InChI is InChI=1S/C11H13ClFNO3/c1-6-2-8(12)10(4-9(6)13)14-5-7(15)3-11(16)17/h2,4,7,14-15H,3,5H2,1H3,(H,16,17). The molecule has 0 bridgehead atoms. The minimum Gasteiger partial charge on any atom is -0.481 e. The zero-order valence-electron chi connectivity index (χ0n) is 9.20. The van der Waals surface area contributed by atoms with Crippen LogP contribution in [0.4, 0.5) is 10.1 Å². The van der Waals surface area contributed by atoms with Gasteiger partial charge in [0.1, 0.15) is 5.82 Å². The second-order valence-electron chi connectivity index (χ2n) is 3.71. The van der Waals surface area contributed by atoms with Gasteiger partial charge in [0.05, 0.1) is 23.2 Å². The third-order valence-electron chi connectivity index (χ3n) is 2.19. The van der Waals surface area contributed by atoms with Crippen LogP contribution in [0.15, 0.2) is 12.1 Å². The van der Waals surface area contributed by atoms with Gasteiger partial charge in [0.15, 0.2) is 0 Å². The average molecular weight is 262 g/mol. The SMILES string of the molecule is Cc1cc(Cl)c(NCC(O)CC(=O)O)cc1F. The van der Waals surface area contributed by atoms with Crippen LogP contribution in [0.5, 0.6) is 0 Å². The lowest BCUT2D eigenvalue weighted by Gasteiger charge is -2.12. The highest BCUT2D eigenvalue weighted by Crippen LogP contribution is 2.25. The molecule has 0 radical (unpaired) electrons. The van der Waals surface area contributed by atoms with Crippen molar-refractivity contribution in [2.45, 2.75) is 19.4 Å². The number of aliphatic hydroxyl groups excluding tert-OH is 1. The quantitative estimate of drug-likeness (QED) is 0.759. The van der Waals surface area contributed by atoms with Crippen molar-refractivity contribution in [2.24, 2.45) is 0 Å². The molecule has 0 aliphatic carbocycles. The first-order valence-corrected chi connectivity index (χ1v) is 5.37. The lowest BCUT2D eigenvalue weighted by molar-refractivity contribution is -0.138. The summed E-state index contributed by atoms with van der Waals surface area (Å²) in [6, 6.07) is 2.67. The molecule has 1 unspecified atom stereocenters. The fourth-order valence-corrected chi connectivity index (χ4v) is 1.57. The van der Waals surface area contributed by atoms with E-state index >= 15 is 0 Å². The predicted molar refractivity (Wildman–Crippen MR) is 62.9 cm³/mol. The first-order chi connectivity index (χ1) is 7.90. The molecule has 1 rings (SSSR count). The van der Waals surface area contributed by atoms with E-state index in [1.54, 1.807) is 6.92 Å². The van der Waals surface area contributed by atoms with Crippen molar-refractivity contribution in [3.63, 3.8) is 0 Å². The maximum Gasteiger partial charge on any atom is 0.306 e. The van der Waals surface area contributed by atoms with Crippen LogP contribution in [0.2, 0.25) is 5.02 Å². The van der Waals surface area contributed by atoms with Crippen LogP contribution in [0.25, 0.3) is 0 Å². The van der Waals surface area contributed by atoms with E-state index in [9.17, 15) is 14.3 Å². The summed E-state index contributed by atoms with van der Waals surface area (Å²) < 4.78 is 13.2. The van der Waals surface area contributed by atoms with Gasteiger partial charge in [-0.25, -0.2) is 4.39 Å². The highest BCUT2D eigenvalue weighted by atomic mass is 35.5. The molecule has 1 aromatic carbocycles. The number of carboxylic acids is 1. The molecule has 4 nitrogen and oxygen atoms in total. The number of halogens is 2. The monoisotopic (exact) mass is 261 g/mol. The average Bonchev–Trinajstić information content (AvgIpc) is 2.20. The van der Waals surface area contributed by atoms with Crippen LogP contribution >= 0.6 is 11.6 Å². The van der Waals surface area contributed by atoms with Gasteiger partial charge in [-0.15, -0.1) is 0 Å². The largest absolute Gasteiger partial charge is 0.481 e. The molecule has 0 saturated carbocycles. The molecule has 3 N–H and O–H groups in total. The summed E-state index contributed by atoms with van der Waals surface area (Å²) >= 11 is 5.86. The number of hydrogen-bond donors (Lipinski definition) is 3. The van der Waals surface area contributed by atoms with Crippen LogP contribution in [-0.4, -0.2) is 28.8 Å². The molecule has 0 fully saturated rings. The van der Waals surface area contributed by atoms with E-state index in [-0.39, 0.29) is 13.0 Å². The van der Waals surface area contributed by atoms with Crippen molar-refractivity contribution in [3.05, 3.63) is 28.5 Å². The highest BCUT2D eigenvalue weighted by molar-refractivity contribution is 6.33. The Labute approximate surface area is 103 Å². The van der Waals surface area contributed by atoms with E-state index in [2.05, 4.69) is 5.32 Å². The number of nitrogens with one attached hydrogen (secondary N) is 1. The van der Waals surface area contributed by atoms with Gasteiger partial charge in [-0.3, -0.25) is 4.79 Å². The Morgan fingerprint density at radius 1 is 1.59 bits per heavy atom.